The van der Waals surface area contributed by atoms with Crippen molar-refractivity contribution in [2.75, 3.05) is 31.1 Å². The van der Waals surface area contributed by atoms with Crippen molar-refractivity contribution in [3.05, 3.63) is 54.1 Å². The van der Waals surface area contributed by atoms with E-state index in [-0.39, 0.29) is 5.82 Å². The van der Waals surface area contributed by atoms with Crippen LogP contribution in [0.2, 0.25) is 0 Å². The molecule has 3 aromatic rings. The summed E-state index contributed by atoms with van der Waals surface area (Å²) in [5.41, 5.74) is 3.20. The summed E-state index contributed by atoms with van der Waals surface area (Å²) in [6.07, 6.45) is 2.26. The van der Waals surface area contributed by atoms with Gasteiger partial charge in [-0.1, -0.05) is 13.0 Å². The molecular weight excluding hydrogens is 355 g/mol. The Morgan fingerprint density at radius 3 is 2.75 bits per heavy atom. The molecule has 0 N–H and O–H groups in total. The predicted molar refractivity (Wildman–Crippen MR) is 109 cm³/mol. The molecule has 1 fully saturated rings. The number of halogens is 1. The van der Waals surface area contributed by atoms with E-state index in [9.17, 15) is 4.79 Å². The van der Waals surface area contributed by atoms with Gasteiger partial charge in [-0.05, 0) is 43.8 Å². The lowest BCUT2D eigenvalue weighted by Gasteiger charge is -2.40. The Bertz CT molecular complexity index is 1020. The monoisotopic (exact) mass is 378 g/mol. The van der Waals surface area contributed by atoms with Crippen LogP contribution < -0.4 is 4.90 Å². The third kappa shape index (κ3) is 3.36. The van der Waals surface area contributed by atoms with Gasteiger partial charge in [0, 0.05) is 42.2 Å². The van der Waals surface area contributed by atoms with Gasteiger partial charge in [0.15, 0.2) is 0 Å². The van der Waals surface area contributed by atoms with E-state index in [4.69, 9.17) is 0 Å². The number of rotatable bonds is 4. The summed E-state index contributed by atoms with van der Waals surface area (Å²) in [4.78, 5) is 24.2. The molecule has 0 aliphatic carbocycles. The summed E-state index contributed by atoms with van der Waals surface area (Å²) in [6.45, 7) is 7.91. The minimum atomic E-state index is -0.257. The number of anilines is 1. The third-order valence-corrected chi connectivity index (χ3v) is 5.53. The second-order valence-corrected chi connectivity index (χ2v) is 7.21. The molecule has 28 heavy (non-hydrogen) atoms. The van der Waals surface area contributed by atoms with Crippen LogP contribution in [0.4, 0.5) is 10.1 Å². The Balaban J connectivity index is 1.69. The summed E-state index contributed by atoms with van der Waals surface area (Å²) < 4.78 is 15.0. The minimum Gasteiger partial charge on any atom is -0.366 e. The van der Waals surface area contributed by atoms with Crippen LogP contribution in [0.25, 0.3) is 22.2 Å². The molecule has 1 aliphatic heterocycles. The van der Waals surface area contributed by atoms with E-state index < -0.39 is 0 Å². The number of piperazine rings is 1. The first-order valence-corrected chi connectivity index (χ1v) is 9.59. The fourth-order valence-electron chi connectivity index (χ4n) is 3.97. The Hall–Kier alpha value is -2.86. The lowest BCUT2D eigenvalue weighted by atomic mass is 10.0. The number of aromatic nitrogens is 2. The van der Waals surface area contributed by atoms with Crippen LogP contribution in [0.15, 0.2) is 42.7 Å². The molecule has 1 aliphatic rings. The number of aldehydes is 1. The number of fused-ring (bicyclic) bond motifs is 1. The Kier molecular flexibility index (Phi) is 5.05. The van der Waals surface area contributed by atoms with Gasteiger partial charge in [0.05, 0.1) is 16.9 Å². The number of likely N-dealkylation sites (N-methyl/N-ethyl adjacent to an activating group) is 1. The molecule has 0 spiro atoms. The molecule has 5 nitrogen and oxygen atoms in total. The summed E-state index contributed by atoms with van der Waals surface area (Å²) in [7, 11) is 0. The Morgan fingerprint density at radius 2 is 2.04 bits per heavy atom. The first-order valence-electron chi connectivity index (χ1n) is 9.59. The van der Waals surface area contributed by atoms with Crippen molar-refractivity contribution >= 4 is 22.9 Å². The van der Waals surface area contributed by atoms with Gasteiger partial charge in [0.1, 0.15) is 18.4 Å². The van der Waals surface area contributed by atoms with Crippen molar-refractivity contribution in [1.82, 2.24) is 14.9 Å². The smallest absolute Gasteiger partial charge is 0.150 e. The molecule has 1 aromatic heterocycles. The highest BCUT2D eigenvalue weighted by Gasteiger charge is 2.24. The van der Waals surface area contributed by atoms with Crippen LogP contribution in [-0.4, -0.2) is 53.4 Å². The van der Waals surface area contributed by atoms with E-state index in [1.165, 1.54) is 12.4 Å². The number of hydrogen-bond acceptors (Lipinski definition) is 5. The summed E-state index contributed by atoms with van der Waals surface area (Å²) in [6, 6.07) is 10.9. The molecule has 1 unspecified atom stereocenters. The van der Waals surface area contributed by atoms with Crippen molar-refractivity contribution in [1.29, 1.82) is 0 Å². The van der Waals surface area contributed by atoms with Crippen molar-refractivity contribution in [3.63, 3.8) is 0 Å². The fraction of sp³-hybridized carbons (Fsp3) is 0.318. The number of benzene rings is 2. The molecule has 0 saturated carbocycles. The van der Waals surface area contributed by atoms with Gasteiger partial charge in [0.2, 0.25) is 0 Å². The molecule has 0 bridgehead atoms. The van der Waals surface area contributed by atoms with Crippen molar-refractivity contribution in [2.45, 2.75) is 19.9 Å². The zero-order valence-corrected chi connectivity index (χ0v) is 16.1. The van der Waals surface area contributed by atoms with Gasteiger partial charge >= 0.3 is 0 Å². The lowest BCUT2D eigenvalue weighted by molar-refractivity contribution is 0.112. The van der Waals surface area contributed by atoms with Gasteiger partial charge in [0.25, 0.3) is 0 Å². The second kappa shape index (κ2) is 7.64. The average Bonchev–Trinajstić information content (AvgIpc) is 2.72. The molecule has 0 amide bonds. The van der Waals surface area contributed by atoms with Gasteiger partial charge in [-0.3, -0.25) is 9.69 Å². The minimum absolute atomic E-state index is 0.257. The Morgan fingerprint density at radius 1 is 1.18 bits per heavy atom. The van der Waals surface area contributed by atoms with E-state index in [1.54, 1.807) is 18.2 Å². The quantitative estimate of drug-likeness (QED) is 0.647. The van der Waals surface area contributed by atoms with Crippen LogP contribution >= 0.6 is 0 Å². The Labute approximate surface area is 163 Å². The van der Waals surface area contributed by atoms with E-state index in [0.29, 0.717) is 28.6 Å². The van der Waals surface area contributed by atoms with Crippen molar-refractivity contribution in [3.8, 4) is 11.3 Å². The lowest BCUT2D eigenvalue weighted by Crippen LogP contribution is -2.51. The largest absolute Gasteiger partial charge is 0.366 e. The number of carbonyl (C=O) groups excluding carboxylic acids is 1. The summed E-state index contributed by atoms with van der Waals surface area (Å²) in [5.74, 6) is -0.257. The topological polar surface area (TPSA) is 49.3 Å². The van der Waals surface area contributed by atoms with Crippen LogP contribution in [0.1, 0.15) is 24.2 Å². The summed E-state index contributed by atoms with van der Waals surface area (Å²) >= 11 is 0. The predicted octanol–water partition coefficient (Wildman–Crippen LogP) is 3.78. The maximum absolute atomic E-state index is 15.0. The van der Waals surface area contributed by atoms with Gasteiger partial charge < -0.3 is 4.90 Å². The van der Waals surface area contributed by atoms with Gasteiger partial charge in [-0.15, -0.1) is 0 Å². The van der Waals surface area contributed by atoms with E-state index in [2.05, 4.69) is 33.6 Å². The average molecular weight is 378 g/mol. The number of nitrogens with zero attached hydrogens (tertiary/aromatic N) is 4. The summed E-state index contributed by atoms with van der Waals surface area (Å²) in [5, 5.41) is 0.740. The maximum Gasteiger partial charge on any atom is 0.150 e. The highest BCUT2D eigenvalue weighted by Crippen LogP contribution is 2.30. The fourth-order valence-corrected chi connectivity index (χ4v) is 3.97. The zero-order valence-electron chi connectivity index (χ0n) is 16.1. The molecule has 1 saturated heterocycles. The van der Waals surface area contributed by atoms with E-state index >= 15 is 4.39 Å². The highest BCUT2D eigenvalue weighted by molar-refractivity contribution is 5.95. The molecular formula is C22H23FN4O. The molecule has 2 heterocycles. The normalized spacial score (nSPS) is 17.8. The van der Waals surface area contributed by atoms with Gasteiger partial charge in [-0.2, -0.15) is 0 Å². The first kappa shape index (κ1) is 18.5. The zero-order chi connectivity index (χ0) is 19.7. The second-order valence-electron chi connectivity index (χ2n) is 7.21. The van der Waals surface area contributed by atoms with Crippen LogP contribution in [-0.2, 0) is 0 Å². The van der Waals surface area contributed by atoms with E-state index in [1.807, 2.05) is 12.1 Å². The van der Waals surface area contributed by atoms with Crippen LogP contribution in [0.3, 0.4) is 0 Å². The molecule has 1 atom stereocenters. The molecule has 144 valence electrons. The first-order chi connectivity index (χ1) is 13.6. The van der Waals surface area contributed by atoms with Crippen molar-refractivity contribution < 1.29 is 9.18 Å². The maximum atomic E-state index is 15.0. The van der Waals surface area contributed by atoms with Gasteiger partial charge in [-0.25, -0.2) is 14.4 Å². The van der Waals surface area contributed by atoms with Crippen molar-refractivity contribution in [2.24, 2.45) is 0 Å². The van der Waals surface area contributed by atoms with Crippen LogP contribution in [0, 0.1) is 5.82 Å². The van der Waals surface area contributed by atoms with Crippen LogP contribution in [0.5, 0.6) is 0 Å². The number of hydrogen-bond donors (Lipinski definition) is 0. The number of carbonyl (C=O) groups is 1. The highest BCUT2D eigenvalue weighted by atomic mass is 19.1. The standard InChI is InChI=1S/C22H23FN4O/c1-3-26-8-9-27(12-15(26)2)21-7-5-17(11-19(21)23)22-18-10-16(13-28)4-6-20(18)24-14-25-22/h4-7,10-11,13-15H,3,8-9,12H2,1-2H3. The third-order valence-electron chi connectivity index (χ3n) is 5.53. The molecule has 2 aromatic carbocycles. The molecule has 4 rings (SSSR count). The van der Waals surface area contributed by atoms with E-state index in [0.717, 1.165) is 43.4 Å². The molecule has 6 heteroatoms. The SMILES string of the molecule is CCN1CCN(c2ccc(-c3ncnc4ccc(C=O)cc34)cc2F)CC1C. The molecule has 0 radical (unpaired) electrons.